The molecule has 0 aliphatic carbocycles. The summed E-state index contributed by atoms with van der Waals surface area (Å²) in [5.74, 6) is 0.424. The SMILES string of the molecule is COCCNC(=O)Nc1cccc(Cl)c1OCCOC. The first-order valence-electron chi connectivity index (χ1n) is 6.13. The van der Waals surface area contributed by atoms with Crippen LogP contribution in [0.4, 0.5) is 10.5 Å². The molecule has 7 heteroatoms. The van der Waals surface area contributed by atoms with Crippen LogP contribution in [0.1, 0.15) is 0 Å². The maximum atomic E-state index is 11.7. The molecule has 2 amide bonds. The molecule has 2 N–H and O–H groups in total. The lowest BCUT2D eigenvalue weighted by molar-refractivity contribution is 0.146. The molecule has 0 radical (unpaired) electrons. The third-order valence-corrected chi connectivity index (χ3v) is 2.64. The number of carbonyl (C=O) groups excluding carboxylic acids is 1. The van der Waals surface area contributed by atoms with Crippen molar-refractivity contribution in [3.63, 3.8) is 0 Å². The van der Waals surface area contributed by atoms with E-state index in [1.165, 1.54) is 0 Å². The number of carbonyl (C=O) groups is 1. The van der Waals surface area contributed by atoms with Crippen molar-refractivity contribution in [3.05, 3.63) is 23.2 Å². The predicted octanol–water partition coefficient (Wildman–Crippen LogP) is 2.13. The first-order valence-corrected chi connectivity index (χ1v) is 6.51. The van der Waals surface area contributed by atoms with E-state index < -0.39 is 0 Å². The lowest BCUT2D eigenvalue weighted by atomic mass is 10.3. The monoisotopic (exact) mass is 302 g/mol. The number of amides is 2. The molecule has 1 aromatic carbocycles. The van der Waals surface area contributed by atoms with Gasteiger partial charge in [-0.1, -0.05) is 17.7 Å². The number of para-hydroxylation sites is 1. The van der Waals surface area contributed by atoms with Crippen molar-refractivity contribution >= 4 is 23.3 Å². The molecule has 0 aliphatic heterocycles. The number of urea groups is 1. The number of hydrogen-bond acceptors (Lipinski definition) is 4. The van der Waals surface area contributed by atoms with Gasteiger partial charge in [0.15, 0.2) is 5.75 Å². The van der Waals surface area contributed by atoms with Gasteiger partial charge in [0.1, 0.15) is 6.61 Å². The number of benzene rings is 1. The molecule has 0 unspecified atom stereocenters. The van der Waals surface area contributed by atoms with E-state index in [0.717, 1.165) is 0 Å². The highest BCUT2D eigenvalue weighted by Gasteiger charge is 2.11. The molecule has 0 saturated heterocycles. The summed E-state index contributed by atoms with van der Waals surface area (Å²) >= 11 is 6.06. The van der Waals surface area contributed by atoms with Crippen LogP contribution in [0.3, 0.4) is 0 Å². The number of methoxy groups -OCH3 is 2. The zero-order valence-electron chi connectivity index (χ0n) is 11.6. The lowest BCUT2D eigenvalue weighted by Crippen LogP contribution is -2.31. The lowest BCUT2D eigenvalue weighted by Gasteiger charge is -2.14. The molecule has 0 bridgehead atoms. The largest absolute Gasteiger partial charge is 0.487 e. The van der Waals surface area contributed by atoms with Gasteiger partial charge >= 0.3 is 6.03 Å². The summed E-state index contributed by atoms with van der Waals surface area (Å²) in [4.78, 5) is 11.7. The minimum Gasteiger partial charge on any atom is -0.487 e. The van der Waals surface area contributed by atoms with Gasteiger partial charge in [0.2, 0.25) is 0 Å². The van der Waals surface area contributed by atoms with E-state index in [-0.39, 0.29) is 6.03 Å². The molecule has 0 aliphatic rings. The highest BCUT2D eigenvalue weighted by Crippen LogP contribution is 2.32. The van der Waals surface area contributed by atoms with Gasteiger partial charge in [-0.2, -0.15) is 0 Å². The van der Waals surface area contributed by atoms with Gasteiger partial charge in [-0.25, -0.2) is 4.79 Å². The van der Waals surface area contributed by atoms with Crippen molar-refractivity contribution in [2.24, 2.45) is 0 Å². The fourth-order valence-corrected chi connectivity index (χ4v) is 1.64. The van der Waals surface area contributed by atoms with Crippen LogP contribution in [0.15, 0.2) is 18.2 Å². The number of hydrogen-bond donors (Lipinski definition) is 2. The van der Waals surface area contributed by atoms with Crippen LogP contribution in [0.2, 0.25) is 5.02 Å². The molecule has 112 valence electrons. The summed E-state index contributed by atoms with van der Waals surface area (Å²) in [7, 11) is 3.15. The summed E-state index contributed by atoms with van der Waals surface area (Å²) in [5, 5.41) is 5.76. The van der Waals surface area contributed by atoms with Crippen molar-refractivity contribution < 1.29 is 19.0 Å². The molecular formula is C13H19ClN2O4. The summed E-state index contributed by atoms with van der Waals surface area (Å²) < 4.78 is 15.3. The van der Waals surface area contributed by atoms with Crippen LogP contribution in [-0.2, 0) is 9.47 Å². The number of ether oxygens (including phenoxy) is 3. The Kier molecular flexibility index (Phi) is 7.79. The van der Waals surface area contributed by atoms with Gasteiger partial charge in [0, 0.05) is 20.8 Å². The van der Waals surface area contributed by atoms with Crippen LogP contribution >= 0.6 is 11.6 Å². The molecule has 1 rings (SSSR count). The zero-order chi connectivity index (χ0) is 14.8. The van der Waals surface area contributed by atoms with E-state index in [1.54, 1.807) is 32.4 Å². The van der Waals surface area contributed by atoms with E-state index >= 15 is 0 Å². The Labute approximate surface area is 123 Å². The van der Waals surface area contributed by atoms with Crippen LogP contribution < -0.4 is 15.4 Å². The second kappa shape index (κ2) is 9.41. The normalized spacial score (nSPS) is 10.2. The molecule has 0 spiro atoms. The molecule has 0 aromatic heterocycles. The minimum atomic E-state index is -0.346. The second-order valence-corrected chi connectivity index (χ2v) is 4.24. The predicted molar refractivity (Wildman–Crippen MR) is 77.7 cm³/mol. The molecule has 6 nitrogen and oxygen atoms in total. The minimum absolute atomic E-state index is 0.346. The van der Waals surface area contributed by atoms with Gasteiger partial charge in [0.25, 0.3) is 0 Å². The Morgan fingerprint density at radius 1 is 1.20 bits per heavy atom. The summed E-state index contributed by atoms with van der Waals surface area (Å²) in [6, 6.07) is 4.79. The van der Waals surface area contributed by atoms with Crippen molar-refractivity contribution in [1.29, 1.82) is 0 Å². The molecule has 1 aromatic rings. The van der Waals surface area contributed by atoms with Gasteiger partial charge < -0.3 is 24.8 Å². The number of halogens is 1. The first-order chi connectivity index (χ1) is 9.69. The maximum absolute atomic E-state index is 11.7. The molecule has 0 saturated carbocycles. The second-order valence-electron chi connectivity index (χ2n) is 3.83. The number of rotatable bonds is 8. The average Bonchev–Trinajstić information content (AvgIpc) is 2.42. The van der Waals surface area contributed by atoms with Crippen LogP contribution in [0, 0.1) is 0 Å². The van der Waals surface area contributed by atoms with Crippen molar-refractivity contribution in [2.45, 2.75) is 0 Å². The van der Waals surface area contributed by atoms with Gasteiger partial charge in [-0.15, -0.1) is 0 Å². The maximum Gasteiger partial charge on any atom is 0.319 e. The van der Waals surface area contributed by atoms with E-state index in [1.807, 2.05) is 0 Å². The highest BCUT2D eigenvalue weighted by atomic mass is 35.5. The van der Waals surface area contributed by atoms with Crippen LogP contribution in [-0.4, -0.2) is 46.6 Å². The smallest absolute Gasteiger partial charge is 0.319 e. The Bertz CT molecular complexity index is 429. The van der Waals surface area contributed by atoms with Crippen molar-refractivity contribution in [3.8, 4) is 5.75 Å². The van der Waals surface area contributed by atoms with Gasteiger partial charge in [0.05, 0.1) is 23.9 Å². The van der Waals surface area contributed by atoms with Crippen molar-refractivity contribution in [1.82, 2.24) is 5.32 Å². The standard InChI is InChI=1S/C13H19ClN2O4/c1-18-7-6-15-13(17)16-11-5-3-4-10(14)12(11)20-9-8-19-2/h3-5H,6-9H2,1-2H3,(H2,15,16,17). The summed E-state index contributed by atoms with van der Waals surface area (Å²) in [5.41, 5.74) is 0.503. The third kappa shape index (κ3) is 5.64. The molecule has 0 heterocycles. The topological polar surface area (TPSA) is 68.8 Å². The Hall–Kier alpha value is -1.50. The zero-order valence-corrected chi connectivity index (χ0v) is 12.3. The fraction of sp³-hybridized carbons (Fsp3) is 0.462. The molecule has 20 heavy (non-hydrogen) atoms. The Balaban J connectivity index is 2.63. The van der Waals surface area contributed by atoms with Gasteiger partial charge in [-0.05, 0) is 12.1 Å². The number of anilines is 1. The highest BCUT2D eigenvalue weighted by molar-refractivity contribution is 6.32. The van der Waals surface area contributed by atoms with E-state index in [4.69, 9.17) is 25.8 Å². The number of nitrogens with one attached hydrogen (secondary N) is 2. The van der Waals surface area contributed by atoms with E-state index in [9.17, 15) is 4.79 Å². The third-order valence-electron chi connectivity index (χ3n) is 2.34. The Morgan fingerprint density at radius 3 is 2.65 bits per heavy atom. The van der Waals surface area contributed by atoms with Crippen LogP contribution in [0.25, 0.3) is 0 Å². The summed E-state index contributed by atoms with van der Waals surface area (Å²) in [6.07, 6.45) is 0. The average molecular weight is 303 g/mol. The quantitative estimate of drug-likeness (QED) is 0.722. The molecule has 0 fully saturated rings. The van der Waals surface area contributed by atoms with E-state index in [2.05, 4.69) is 10.6 Å². The summed E-state index contributed by atoms with van der Waals surface area (Å²) in [6.45, 7) is 1.65. The van der Waals surface area contributed by atoms with Gasteiger partial charge in [-0.3, -0.25) is 0 Å². The van der Waals surface area contributed by atoms with Crippen LogP contribution in [0.5, 0.6) is 5.75 Å². The fourth-order valence-electron chi connectivity index (χ4n) is 1.41. The van der Waals surface area contributed by atoms with E-state index in [0.29, 0.717) is 42.8 Å². The Morgan fingerprint density at radius 2 is 1.95 bits per heavy atom. The molecule has 0 atom stereocenters. The molecular weight excluding hydrogens is 284 g/mol. The first kappa shape index (κ1) is 16.6. The van der Waals surface area contributed by atoms with Crippen molar-refractivity contribution in [2.75, 3.05) is 45.9 Å².